The maximum absolute atomic E-state index is 5.82. The maximum Gasteiger partial charge on any atom is 0.173 e. The van der Waals surface area contributed by atoms with Crippen LogP contribution >= 0.6 is 0 Å². The van der Waals surface area contributed by atoms with Crippen molar-refractivity contribution in [3.05, 3.63) is 65.5 Å². The van der Waals surface area contributed by atoms with Gasteiger partial charge in [0.15, 0.2) is 17.3 Å². The Morgan fingerprint density at radius 1 is 0.909 bits per heavy atom. The molecular weight excluding hydrogens is 416 g/mol. The maximum atomic E-state index is 5.82. The van der Waals surface area contributed by atoms with Crippen molar-refractivity contribution in [2.45, 2.75) is 38.9 Å². The van der Waals surface area contributed by atoms with E-state index in [0.717, 1.165) is 49.9 Å². The molecule has 1 fully saturated rings. The highest BCUT2D eigenvalue weighted by Gasteiger charge is 2.35. The van der Waals surface area contributed by atoms with Crippen LogP contribution in [0.5, 0.6) is 11.5 Å². The fourth-order valence-corrected chi connectivity index (χ4v) is 4.49. The van der Waals surface area contributed by atoms with E-state index in [0.29, 0.717) is 5.75 Å². The third-order valence-corrected chi connectivity index (χ3v) is 6.12. The standard InChI is InChI=1S/C25H34N6O2/c1-25(2,3)31-24(26-27-28-31)22(20-12-9-13-21(32-4)23(20)33-5)30-16-14-29(15-17-30)18-19-10-7-6-8-11-19/h6-13,22H,14-18H2,1-5H3. The zero-order valence-electron chi connectivity index (χ0n) is 20.2. The number of methoxy groups -OCH3 is 2. The first-order valence-corrected chi connectivity index (χ1v) is 11.4. The van der Waals surface area contributed by atoms with Gasteiger partial charge in [0.1, 0.15) is 6.04 Å². The van der Waals surface area contributed by atoms with Crippen LogP contribution in [-0.2, 0) is 12.1 Å². The summed E-state index contributed by atoms with van der Waals surface area (Å²) in [5.41, 5.74) is 2.10. The van der Waals surface area contributed by atoms with Gasteiger partial charge < -0.3 is 9.47 Å². The van der Waals surface area contributed by atoms with E-state index in [1.54, 1.807) is 14.2 Å². The van der Waals surface area contributed by atoms with E-state index in [9.17, 15) is 0 Å². The number of hydrogen-bond acceptors (Lipinski definition) is 7. The van der Waals surface area contributed by atoms with Gasteiger partial charge >= 0.3 is 0 Å². The van der Waals surface area contributed by atoms with E-state index in [-0.39, 0.29) is 11.6 Å². The van der Waals surface area contributed by atoms with Gasteiger partial charge in [-0.15, -0.1) is 5.10 Å². The van der Waals surface area contributed by atoms with E-state index in [2.05, 4.69) is 82.5 Å². The zero-order chi connectivity index (χ0) is 23.4. The summed E-state index contributed by atoms with van der Waals surface area (Å²) in [4.78, 5) is 4.95. The molecule has 1 saturated heterocycles. The van der Waals surface area contributed by atoms with Crippen LogP contribution in [0.3, 0.4) is 0 Å². The fourth-order valence-electron chi connectivity index (χ4n) is 4.49. The van der Waals surface area contributed by atoms with Gasteiger partial charge in [0.2, 0.25) is 0 Å². The van der Waals surface area contributed by atoms with Crippen molar-refractivity contribution in [1.29, 1.82) is 0 Å². The molecule has 1 atom stereocenters. The van der Waals surface area contributed by atoms with Crippen LogP contribution in [0.4, 0.5) is 0 Å². The lowest BCUT2D eigenvalue weighted by molar-refractivity contribution is 0.0968. The molecular formula is C25H34N6O2. The van der Waals surface area contributed by atoms with Crippen LogP contribution in [0.1, 0.15) is 43.8 Å². The number of hydrogen-bond donors (Lipinski definition) is 0. The van der Waals surface area contributed by atoms with E-state index < -0.39 is 0 Å². The van der Waals surface area contributed by atoms with Crippen LogP contribution in [0, 0.1) is 0 Å². The zero-order valence-corrected chi connectivity index (χ0v) is 20.2. The van der Waals surface area contributed by atoms with Gasteiger partial charge in [0.25, 0.3) is 0 Å². The largest absolute Gasteiger partial charge is 0.493 e. The Balaban J connectivity index is 1.66. The van der Waals surface area contributed by atoms with Gasteiger partial charge in [-0.25, -0.2) is 4.68 Å². The third-order valence-electron chi connectivity index (χ3n) is 6.12. The Hall–Kier alpha value is -2.97. The first-order chi connectivity index (χ1) is 15.9. The second kappa shape index (κ2) is 9.89. The molecule has 1 unspecified atom stereocenters. The minimum absolute atomic E-state index is 0.150. The van der Waals surface area contributed by atoms with Crippen LogP contribution in [0.25, 0.3) is 0 Å². The minimum Gasteiger partial charge on any atom is -0.493 e. The van der Waals surface area contributed by atoms with E-state index >= 15 is 0 Å². The minimum atomic E-state index is -0.252. The first kappa shape index (κ1) is 23.2. The summed E-state index contributed by atoms with van der Waals surface area (Å²) in [6.45, 7) is 11.0. The van der Waals surface area contributed by atoms with Crippen LogP contribution in [0.15, 0.2) is 48.5 Å². The number of tetrazole rings is 1. The second-order valence-corrected chi connectivity index (χ2v) is 9.40. The lowest BCUT2D eigenvalue weighted by Gasteiger charge is -2.40. The molecule has 2 heterocycles. The number of piperazine rings is 1. The highest BCUT2D eigenvalue weighted by molar-refractivity contribution is 5.49. The molecule has 0 radical (unpaired) electrons. The molecule has 1 aliphatic rings. The Kier molecular flexibility index (Phi) is 6.95. The molecule has 0 spiro atoms. The van der Waals surface area contributed by atoms with Crippen LogP contribution in [-0.4, -0.2) is 70.4 Å². The molecule has 2 aromatic carbocycles. The van der Waals surface area contributed by atoms with Crippen molar-refractivity contribution >= 4 is 0 Å². The molecule has 1 aromatic heterocycles. The normalized spacial score (nSPS) is 16.5. The van der Waals surface area contributed by atoms with Crippen molar-refractivity contribution in [1.82, 2.24) is 30.0 Å². The highest BCUT2D eigenvalue weighted by atomic mass is 16.5. The summed E-state index contributed by atoms with van der Waals surface area (Å²) in [6, 6.07) is 16.5. The Labute approximate surface area is 196 Å². The highest BCUT2D eigenvalue weighted by Crippen LogP contribution is 2.40. The summed E-state index contributed by atoms with van der Waals surface area (Å²) in [6.07, 6.45) is 0. The van der Waals surface area contributed by atoms with Gasteiger partial charge in [-0.3, -0.25) is 9.80 Å². The average Bonchev–Trinajstić information content (AvgIpc) is 3.31. The third kappa shape index (κ3) is 5.02. The summed E-state index contributed by atoms with van der Waals surface area (Å²) >= 11 is 0. The second-order valence-electron chi connectivity index (χ2n) is 9.40. The van der Waals surface area contributed by atoms with Crippen LogP contribution in [0.2, 0.25) is 0 Å². The van der Waals surface area contributed by atoms with E-state index in [1.807, 2.05) is 16.8 Å². The van der Waals surface area contributed by atoms with Crippen molar-refractivity contribution in [3.8, 4) is 11.5 Å². The topological polar surface area (TPSA) is 68.5 Å². The predicted octanol–water partition coefficient (Wildman–Crippen LogP) is 3.35. The predicted molar refractivity (Wildman–Crippen MR) is 127 cm³/mol. The molecule has 8 heteroatoms. The van der Waals surface area contributed by atoms with E-state index in [4.69, 9.17) is 9.47 Å². The molecule has 0 N–H and O–H groups in total. The van der Waals surface area contributed by atoms with Crippen molar-refractivity contribution < 1.29 is 9.47 Å². The Morgan fingerprint density at radius 3 is 2.27 bits per heavy atom. The fraction of sp³-hybridized carbons (Fsp3) is 0.480. The molecule has 3 aromatic rings. The van der Waals surface area contributed by atoms with E-state index in [1.165, 1.54) is 5.56 Å². The monoisotopic (exact) mass is 450 g/mol. The number of benzene rings is 2. The Morgan fingerprint density at radius 2 is 1.64 bits per heavy atom. The van der Waals surface area contributed by atoms with Crippen molar-refractivity contribution in [2.75, 3.05) is 40.4 Å². The summed E-state index contributed by atoms with van der Waals surface area (Å²) in [5, 5.41) is 12.9. The number of rotatable bonds is 7. The molecule has 4 rings (SSSR count). The smallest absolute Gasteiger partial charge is 0.173 e. The van der Waals surface area contributed by atoms with Crippen LogP contribution < -0.4 is 9.47 Å². The number of para-hydroxylation sites is 1. The summed E-state index contributed by atoms with van der Waals surface area (Å²) in [7, 11) is 3.35. The molecule has 176 valence electrons. The van der Waals surface area contributed by atoms with Gasteiger partial charge in [0, 0.05) is 38.3 Å². The SMILES string of the molecule is COc1cccc(C(c2nnnn2C(C)(C)C)N2CCN(Cc3ccccc3)CC2)c1OC. The van der Waals surface area contributed by atoms with Gasteiger partial charge in [-0.05, 0) is 42.8 Å². The molecule has 8 nitrogen and oxygen atoms in total. The lowest BCUT2D eigenvalue weighted by atomic mass is 10.00. The molecule has 1 aliphatic heterocycles. The number of nitrogens with zero attached hydrogens (tertiary/aromatic N) is 6. The van der Waals surface area contributed by atoms with Gasteiger partial charge in [-0.1, -0.05) is 42.5 Å². The molecule has 0 bridgehead atoms. The van der Waals surface area contributed by atoms with Crippen molar-refractivity contribution in [3.63, 3.8) is 0 Å². The van der Waals surface area contributed by atoms with Gasteiger partial charge in [-0.2, -0.15) is 0 Å². The first-order valence-electron chi connectivity index (χ1n) is 11.4. The molecule has 0 saturated carbocycles. The van der Waals surface area contributed by atoms with Crippen molar-refractivity contribution in [2.24, 2.45) is 0 Å². The summed E-state index contributed by atoms with van der Waals surface area (Å²) in [5.74, 6) is 2.24. The molecule has 0 aliphatic carbocycles. The Bertz CT molecular complexity index is 1040. The van der Waals surface area contributed by atoms with Gasteiger partial charge in [0.05, 0.1) is 19.8 Å². The summed E-state index contributed by atoms with van der Waals surface area (Å²) < 4.78 is 13.3. The molecule has 0 amide bonds. The average molecular weight is 451 g/mol. The quantitative estimate of drug-likeness (QED) is 0.547. The number of ether oxygens (including phenoxy) is 2. The lowest BCUT2D eigenvalue weighted by Crippen LogP contribution is -2.48. The number of aromatic nitrogens is 4. The molecule has 33 heavy (non-hydrogen) atoms.